The summed E-state index contributed by atoms with van der Waals surface area (Å²) >= 11 is 0. The lowest BCUT2D eigenvalue weighted by Crippen LogP contribution is -2.58. The van der Waals surface area contributed by atoms with E-state index in [1.807, 2.05) is 0 Å². The molecule has 0 saturated carbocycles. The smallest absolute Gasteiger partial charge is 0.338 e. The van der Waals surface area contributed by atoms with Gasteiger partial charge in [-0.2, -0.15) is 0 Å². The fraction of sp³-hybridized carbons (Fsp3) is 0.818. The Labute approximate surface area is 108 Å². The van der Waals surface area contributed by atoms with Gasteiger partial charge in [-0.05, 0) is 20.5 Å². The predicted molar refractivity (Wildman–Crippen MR) is 66.4 cm³/mol. The van der Waals surface area contributed by atoms with Crippen molar-refractivity contribution < 1.29 is 24.3 Å². The minimum absolute atomic E-state index is 0.0694. The summed E-state index contributed by atoms with van der Waals surface area (Å²) in [5, 5.41) is 18.5. The van der Waals surface area contributed by atoms with Gasteiger partial charge >= 0.3 is 5.97 Å². The van der Waals surface area contributed by atoms with E-state index in [0.29, 0.717) is 10.9 Å². The standard InChI is InChI=1S/C6H14N2O2.C5H11NO2/c1-4-6(7,5(9)10)8(2)3;1-6(2,3)4-5(7)8/h4,7H2,1-3H3,(H,9,10);4H2,1-3H3. The molecule has 0 saturated heterocycles. The fourth-order valence-corrected chi connectivity index (χ4v) is 1.05. The second-order valence-electron chi connectivity index (χ2n) is 5.30. The molecular weight excluding hydrogens is 238 g/mol. The number of likely N-dealkylation sites (N-methyl/N-ethyl adjacent to an activating group) is 2. The van der Waals surface area contributed by atoms with Gasteiger partial charge in [-0.25, -0.2) is 4.79 Å². The van der Waals surface area contributed by atoms with Crippen LogP contribution in [0.4, 0.5) is 0 Å². The molecule has 0 rings (SSSR count). The van der Waals surface area contributed by atoms with Crippen LogP contribution in [0.25, 0.3) is 0 Å². The van der Waals surface area contributed by atoms with Crippen molar-refractivity contribution in [1.29, 1.82) is 0 Å². The molecule has 0 aromatic carbocycles. The van der Waals surface area contributed by atoms with Gasteiger partial charge in [0.2, 0.25) is 0 Å². The van der Waals surface area contributed by atoms with E-state index in [-0.39, 0.29) is 6.54 Å². The minimum atomic E-state index is -1.21. The minimum Gasteiger partial charge on any atom is -0.544 e. The monoisotopic (exact) mass is 263 g/mol. The maximum Gasteiger partial charge on any atom is 0.338 e. The van der Waals surface area contributed by atoms with Crippen LogP contribution in [0.1, 0.15) is 13.3 Å². The van der Waals surface area contributed by atoms with Gasteiger partial charge < -0.3 is 25.2 Å². The van der Waals surface area contributed by atoms with Gasteiger partial charge in [0.15, 0.2) is 5.66 Å². The third-order valence-corrected chi connectivity index (χ3v) is 2.31. The number of carbonyl (C=O) groups is 2. The van der Waals surface area contributed by atoms with Crippen LogP contribution in [0, 0.1) is 0 Å². The zero-order chi connectivity index (χ0) is 15.1. The van der Waals surface area contributed by atoms with Crippen LogP contribution in [0.3, 0.4) is 0 Å². The van der Waals surface area contributed by atoms with Crippen molar-refractivity contribution >= 4 is 11.9 Å². The molecule has 0 heterocycles. The Morgan fingerprint density at radius 3 is 1.72 bits per heavy atom. The zero-order valence-electron chi connectivity index (χ0n) is 12.1. The highest BCUT2D eigenvalue weighted by Crippen LogP contribution is 2.08. The summed E-state index contributed by atoms with van der Waals surface area (Å²) in [5.41, 5.74) is 4.30. The molecule has 1 unspecified atom stereocenters. The lowest BCUT2D eigenvalue weighted by atomic mass is 10.1. The van der Waals surface area contributed by atoms with Crippen LogP contribution in [-0.2, 0) is 9.59 Å². The third-order valence-electron chi connectivity index (χ3n) is 2.31. The van der Waals surface area contributed by atoms with E-state index in [9.17, 15) is 14.7 Å². The SMILES string of the molecule is CCC(N)(C(=O)O)N(C)C.C[N+](C)(C)CC(=O)[O-]. The molecule has 1 atom stereocenters. The second-order valence-corrected chi connectivity index (χ2v) is 5.30. The molecule has 18 heavy (non-hydrogen) atoms. The molecule has 0 aliphatic heterocycles. The summed E-state index contributed by atoms with van der Waals surface area (Å²) < 4.78 is 0.419. The average Bonchev–Trinajstić information content (AvgIpc) is 2.12. The summed E-state index contributed by atoms with van der Waals surface area (Å²) in [4.78, 5) is 21.9. The number of carboxylic acids is 2. The first-order chi connectivity index (χ1) is 7.86. The Bertz CT molecular complexity index is 287. The number of carbonyl (C=O) groups excluding carboxylic acids is 1. The van der Waals surface area contributed by atoms with Crippen LogP contribution < -0.4 is 10.8 Å². The van der Waals surface area contributed by atoms with Crippen molar-refractivity contribution in [3.05, 3.63) is 0 Å². The Morgan fingerprint density at radius 1 is 1.33 bits per heavy atom. The van der Waals surface area contributed by atoms with E-state index >= 15 is 0 Å². The van der Waals surface area contributed by atoms with Crippen LogP contribution in [0.15, 0.2) is 0 Å². The molecule has 0 aromatic heterocycles. The van der Waals surface area contributed by atoms with E-state index in [1.165, 1.54) is 4.90 Å². The van der Waals surface area contributed by atoms with Crippen LogP contribution >= 0.6 is 0 Å². The summed E-state index contributed by atoms with van der Waals surface area (Å²) in [6.45, 7) is 1.81. The molecule has 0 amide bonds. The molecular formula is C11H25N3O4. The van der Waals surface area contributed by atoms with Crippen LogP contribution in [0.5, 0.6) is 0 Å². The van der Waals surface area contributed by atoms with E-state index < -0.39 is 17.6 Å². The second kappa shape index (κ2) is 7.30. The number of hydrogen-bond donors (Lipinski definition) is 2. The number of nitrogens with two attached hydrogens (primary N) is 1. The van der Waals surface area contributed by atoms with Gasteiger partial charge in [0.05, 0.1) is 27.1 Å². The summed E-state index contributed by atoms with van der Waals surface area (Å²) in [6.07, 6.45) is 0.398. The van der Waals surface area contributed by atoms with Gasteiger partial charge in [0, 0.05) is 0 Å². The molecule has 0 bridgehead atoms. The van der Waals surface area contributed by atoms with Crippen LogP contribution in [-0.4, -0.2) is 73.9 Å². The molecule has 0 fully saturated rings. The number of rotatable bonds is 5. The van der Waals surface area contributed by atoms with Gasteiger partial charge in [0.1, 0.15) is 6.54 Å². The van der Waals surface area contributed by atoms with Crippen LogP contribution in [0.2, 0.25) is 0 Å². The first-order valence-corrected chi connectivity index (χ1v) is 5.56. The number of hydrogen-bond acceptors (Lipinski definition) is 5. The normalized spacial score (nSPS) is 14.4. The van der Waals surface area contributed by atoms with E-state index in [1.54, 1.807) is 42.2 Å². The Hall–Kier alpha value is -1.18. The summed E-state index contributed by atoms with van der Waals surface area (Å²) in [5.74, 6) is -1.99. The summed E-state index contributed by atoms with van der Waals surface area (Å²) in [6, 6.07) is 0. The number of aliphatic carboxylic acids is 2. The lowest BCUT2D eigenvalue weighted by Gasteiger charge is -2.30. The van der Waals surface area contributed by atoms with Crippen molar-refractivity contribution in [3.63, 3.8) is 0 Å². The first kappa shape index (κ1) is 19.2. The van der Waals surface area contributed by atoms with Gasteiger partial charge in [-0.15, -0.1) is 0 Å². The average molecular weight is 263 g/mol. The highest BCUT2D eigenvalue weighted by atomic mass is 16.4. The molecule has 0 aromatic rings. The van der Waals surface area contributed by atoms with E-state index in [0.717, 1.165) is 0 Å². The first-order valence-electron chi connectivity index (χ1n) is 5.56. The zero-order valence-corrected chi connectivity index (χ0v) is 12.1. The van der Waals surface area contributed by atoms with Crippen molar-refractivity contribution in [2.75, 3.05) is 41.8 Å². The molecule has 7 nitrogen and oxygen atoms in total. The third kappa shape index (κ3) is 7.99. The lowest BCUT2D eigenvalue weighted by molar-refractivity contribution is -0.864. The number of nitrogens with zero attached hydrogens (tertiary/aromatic N) is 2. The highest BCUT2D eigenvalue weighted by Gasteiger charge is 2.33. The van der Waals surface area contributed by atoms with E-state index in [4.69, 9.17) is 10.8 Å². The molecule has 0 aliphatic carbocycles. The quantitative estimate of drug-likeness (QED) is 0.445. The fourth-order valence-electron chi connectivity index (χ4n) is 1.05. The van der Waals surface area contributed by atoms with Crippen molar-refractivity contribution in [2.24, 2.45) is 5.73 Å². The van der Waals surface area contributed by atoms with Crippen molar-refractivity contribution in [1.82, 2.24) is 4.90 Å². The molecule has 0 spiro atoms. The largest absolute Gasteiger partial charge is 0.544 e. The summed E-state index contributed by atoms with van der Waals surface area (Å²) in [7, 11) is 8.70. The Kier molecular flexibility index (Phi) is 7.77. The van der Waals surface area contributed by atoms with Gasteiger partial charge in [0.25, 0.3) is 0 Å². The predicted octanol–water partition coefficient (Wildman–Crippen LogP) is -1.86. The molecule has 108 valence electrons. The molecule has 0 aliphatic rings. The topological polar surface area (TPSA) is 107 Å². The Balaban J connectivity index is 0. The maximum absolute atomic E-state index is 10.5. The van der Waals surface area contributed by atoms with E-state index in [2.05, 4.69) is 0 Å². The van der Waals surface area contributed by atoms with Crippen molar-refractivity contribution in [2.45, 2.75) is 19.0 Å². The molecule has 0 radical (unpaired) electrons. The number of quaternary nitrogens is 1. The maximum atomic E-state index is 10.5. The molecule has 7 heteroatoms. The van der Waals surface area contributed by atoms with Gasteiger partial charge in [-0.3, -0.25) is 4.90 Å². The Morgan fingerprint density at radius 2 is 1.72 bits per heavy atom. The highest BCUT2D eigenvalue weighted by molar-refractivity contribution is 5.77. The van der Waals surface area contributed by atoms with Gasteiger partial charge in [-0.1, -0.05) is 6.92 Å². The molecule has 3 N–H and O–H groups in total. The van der Waals surface area contributed by atoms with Crippen molar-refractivity contribution in [3.8, 4) is 0 Å². The number of carboxylic acid groups (broad SMARTS) is 2.